The van der Waals surface area contributed by atoms with Gasteiger partial charge in [-0.05, 0) is 49.7 Å². The number of para-hydroxylation sites is 1. The number of nitrogens with one attached hydrogen (secondary N) is 1. The number of aromatic nitrogens is 2. The maximum Gasteiger partial charge on any atom is 0.254 e. The van der Waals surface area contributed by atoms with Crippen molar-refractivity contribution in [1.29, 1.82) is 0 Å². The number of halogens is 2. The Morgan fingerprint density at radius 3 is 2.37 bits per heavy atom. The fraction of sp³-hybridized carbons (Fsp3) is 0.227. The minimum atomic E-state index is -0.389. The van der Waals surface area contributed by atoms with Gasteiger partial charge >= 0.3 is 0 Å². The van der Waals surface area contributed by atoms with Gasteiger partial charge in [-0.25, -0.2) is 0 Å². The molecule has 0 aliphatic carbocycles. The zero-order valence-corrected chi connectivity index (χ0v) is 18.5. The molecule has 1 aromatic heterocycles. The molecule has 0 aliphatic heterocycles. The fourth-order valence-electron chi connectivity index (χ4n) is 3.11. The van der Waals surface area contributed by atoms with E-state index in [1.165, 1.54) is 4.90 Å². The Labute approximate surface area is 185 Å². The maximum atomic E-state index is 12.8. The second-order valence-electron chi connectivity index (χ2n) is 7.09. The molecule has 156 valence electrons. The molecule has 6 nitrogen and oxygen atoms in total. The number of carbonyl (C=O) groups is 2. The van der Waals surface area contributed by atoms with E-state index in [0.29, 0.717) is 27.8 Å². The highest BCUT2D eigenvalue weighted by atomic mass is 35.5. The van der Waals surface area contributed by atoms with E-state index in [0.717, 1.165) is 17.0 Å². The van der Waals surface area contributed by atoms with Gasteiger partial charge in [-0.3, -0.25) is 14.3 Å². The van der Waals surface area contributed by atoms with Crippen LogP contribution < -0.4 is 5.32 Å². The van der Waals surface area contributed by atoms with Crippen LogP contribution in [0.4, 0.5) is 5.69 Å². The maximum absolute atomic E-state index is 12.8. The molecule has 1 N–H and O–H groups in total. The molecular weight excluding hydrogens is 423 g/mol. The highest BCUT2D eigenvalue weighted by Crippen LogP contribution is 2.29. The molecule has 3 rings (SSSR count). The summed E-state index contributed by atoms with van der Waals surface area (Å²) >= 11 is 12.2. The highest BCUT2D eigenvalue weighted by molar-refractivity contribution is 6.39. The molecule has 0 aliphatic rings. The van der Waals surface area contributed by atoms with Crippen LogP contribution in [0.1, 0.15) is 27.3 Å². The fourth-order valence-corrected chi connectivity index (χ4v) is 3.61. The van der Waals surface area contributed by atoms with Crippen LogP contribution in [-0.2, 0) is 11.3 Å². The number of hydrogen-bond donors (Lipinski definition) is 1. The number of carbonyl (C=O) groups excluding carboxylic acids is 2. The number of nitrogens with zero attached hydrogens (tertiary/aromatic N) is 3. The standard InChI is InChI=1S/C22H22Cl2N4O2/c1-14-10-15(2)28(26-14)12-16-6-4-7-17(11-16)22(30)27(3)13-20(29)25-21-18(23)8-5-9-19(21)24/h4-11H,12-13H2,1-3H3,(H,25,29). The van der Waals surface area contributed by atoms with Crippen molar-refractivity contribution in [3.8, 4) is 0 Å². The minimum Gasteiger partial charge on any atom is -0.332 e. The highest BCUT2D eigenvalue weighted by Gasteiger charge is 2.17. The van der Waals surface area contributed by atoms with Crippen molar-refractivity contribution in [3.05, 3.63) is 81.1 Å². The van der Waals surface area contributed by atoms with Crippen LogP contribution in [0.2, 0.25) is 10.0 Å². The Kier molecular flexibility index (Phi) is 6.80. The molecule has 8 heteroatoms. The van der Waals surface area contributed by atoms with Crippen molar-refractivity contribution >= 4 is 40.7 Å². The third-order valence-electron chi connectivity index (χ3n) is 4.56. The first-order chi connectivity index (χ1) is 14.2. The minimum absolute atomic E-state index is 0.137. The van der Waals surface area contributed by atoms with Crippen LogP contribution in [-0.4, -0.2) is 40.1 Å². The van der Waals surface area contributed by atoms with Crippen molar-refractivity contribution in [2.75, 3.05) is 18.9 Å². The number of likely N-dealkylation sites (N-methyl/N-ethyl adjacent to an activating group) is 1. The van der Waals surface area contributed by atoms with Crippen LogP contribution in [0.3, 0.4) is 0 Å². The summed E-state index contributed by atoms with van der Waals surface area (Å²) in [4.78, 5) is 26.5. The first-order valence-corrected chi connectivity index (χ1v) is 10.1. The van der Waals surface area contributed by atoms with Crippen molar-refractivity contribution in [2.45, 2.75) is 20.4 Å². The lowest BCUT2D eigenvalue weighted by molar-refractivity contribution is -0.116. The molecule has 2 amide bonds. The predicted octanol–water partition coefficient (Wildman–Crippen LogP) is 4.57. The van der Waals surface area contributed by atoms with Crippen molar-refractivity contribution in [1.82, 2.24) is 14.7 Å². The van der Waals surface area contributed by atoms with Crippen LogP contribution >= 0.6 is 23.2 Å². The van der Waals surface area contributed by atoms with Gasteiger partial charge in [0, 0.05) is 18.3 Å². The SMILES string of the molecule is Cc1cc(C)n(Cc2cccc(C(=O)N(C)CC(=O)Nc3c(Cl)cccc3Cl)c2)n1. The number of rotatable bonds is 6. The number of aryl methyl sites for hydroxylation is 2. The summed E-state index contributed by atoms with van der Waals surface area (Å²) in [5, 5.41) is 7.79. The topological polar surface area (TPSA) is 67.2 Å². The van der Waals surface area contributed by atoms with Crippen molar-refractivity contribution < 1.29 is 9.59 Å². The Balaban J connectivity index is 1.67. The Morgan fingerprint density at radius 2 is 1.73 bits per heavy atom. The smallest absolute Gasteiger partial charge is 0.254 e. The Morgan fingerprint density at radius 1 is 1.07 bits per heavy atom. The van der Waals surface area contributed by atoms with E-state index in [2.05, 4.69) is 10.4 Å². The van der Waals surface area contributed by atoms with Crippen LogP contribution in [0.5, 0.6) is 0 Å². The van der Waals surface area contributed by atoms with E-state index in [9.17, 15) is 9.59 Å². The Hall–Kier alpha value is -2.83. The Bertz CT molecular complexity index is 1070. The van der Waals surface area contributed by atoms with Gasteiger partial charge < -0.3 is 10.2 Å². The molecule has 3 aromatic rings. The number of hydrogen-bond acceptors (Lipinski definition) is 3. The van der Waals surface area contributed by atoms with Crippen LogP contribution in [0.25, 0.3) is 0 Å². The zero-order chi connectivity index (χ0) is 21.8. The lowest BCUT2D eigenvalue weighted by atomic mass is 10.1. The number of anilines is 1. The van der Waals surface area contributed by atoms with Gasteiger partial charge in [-0.15, -0.1) is 0 Å². The lowest BCUT2D eigenvalue weighted by Gasteiger charge is -2.18. The molecular formula is C22H22Cl2N4O2. The molecule has 0 atom stereocenters. The van der Waals surface area contributed by atoms with E-state index in [-0.39, 0.29) is 18.4 Å². The van der Waals surface area contributed by atoms with E-state index < -0.39 is 0 Å². The monoisotopic (exact) mass is 444 g/mol. The second kappa shape index (κ2) is 9.32. The van der Waals surface area contributed by atoms with Gasteiger partial charge in [0.25, 0.3) is 5.91 Å². The van der Waals surface area contributed by atoms with E-state index >= 15 is 0 Å². The van der Waals surface area contributed by atoms with Gasteiger partial charge in [0.1, 0.15) is 0 Å². The number of amides is 2. The van der Waals surface area contributed by atoms with Gasteiger partial charge in [-0.1, -0.05) is 41.4 Å². The number of benzene rings is 2. The molecule has 1 heterocycles. The lowest BCUT2D eigenvalue weighted by Crippen LogP contribution is -2.35. The van der Waals surface area contributed by atoms with Gasteiger partial charge in [0.2, 0.25) is 5.91 Å². The average molecular weight is 445 g/mol. The molecule has 0 unspecified atom stereocenters. The van der Waals surface area contributed by atoms with Crippen molar-refractivity contribution in [2.24, 2.45) is 0 Å². The molecule has 30 heavy (non-hydrogen) atoms. The van der Waals surface area contributed by atoms with Crippen molar-refractivity contribution in [3.63, 3.8) is 0 Å². The average Bonchev–Trinajstić information content (AvgIpc) is 3.01. The summed E-state index contributed by atoms with van der Waals surface area (Å²) < 4.78 is 1.89. The quantitative estimate of drug-likeness (QED) is 0.605. The molecule has 0 fully saturated rings. The zero-order valence-electron chi connectivity index (χ0n) is 16.9. The summed E-state index contributed by atoms with van der Waals surface area (Å²) in [5.74, 6) is -0.648. The van der Waals surface area contributed by atoms with Crippen LogP contribution in [0, 0.1) is 13.8 Å². The van der Waals surface area contributed by atoms with E-state index in [1.807, 2.05) is 42.8 Å². The van der Waals surface area contributed by atoms with Crippen LogP contribution in [0.15, 0.2) is 48.5 Å². The second-order valence-corrected chi connectivity index (χ2v) is 7.91. The molecule has 0 bridgehead atoms. The summed E-state index contributed by atoms with van der Waals surface area (Å²) in [6.45, 7) is 4.37. The summed E-state index contributed by atoms with van der Waals surface area (Å²) in [7, 11) is 1.57. The third kappa shape index (κ3) is 5.20. The largest absolute Gasteiger partial charge is 0.332 e. The molecule has 0 saturated heterocycles. The summed E-state index contributed by atoms with van der Waals surface area (Å²) in [6.07, 6.45) is 0. The normalized spacial score (nSPS) is 10.7. The molecule has 0 spiro atoms. The van der Waals surface area contributed by atoms with Gasteiger partial charge in [0.05, 0.1) is 34.5 Å². The first kappa shape index (κ1) is 21.9. The van der Waals surface area contributed by atoms with Gasteiger partial charge in [0.15, 0.2) is 0 Å². The summed E-state index contributed by atoms with van der Waals surface area (Å²) in [5.41, 5.74) is 3.78. The predicted molar refractivity (Wildman–Crippen MR) is 119 cm³/mol. The molecule has 0 saturated carbocycles. The van der Waals surface area contributed by atoms with E-state index in [1.54, 1.807) is 31.3 Å². The summed E-state index contributed by atoms with van der Waals surface area (Å²) in [6, 6.07) is 14.3. The van der Waals surface area contributed by atoms with Gasteiger partial charge in [-0.2, -0.15) is 5.10 Å². The molecule has 2 aromatic carbocycles. The van der Waals surface area contributed by atoms with E-state index in [4.69, 9.17) is 23.2 Å². The molecule has 0 radical (unpaired) electrons. The third-order valence-corrected chi connectivity index (χ3v) is 5.19. The first-order valence-electron chi connectivity index (χ1n) is 9.34.